The quantitative estimate of drug-likeness (QED) is 0.341. The molecule has 0 aliphatic heterocycles. The predicted octanol–water partition coefficient (Wildman–Crippen LogP) is 4.57. The van der Waals surface area contributed by atoms with Crippen molar-refractivity contribution in [1.82, 2.24) is 10.4 Å². The second-order valence-corrected chi connectivity index (χ2v) is 6.78. The molecule has 0 bridgehead atoms. The van der Waals surface area contributed by atoms with Gasteiger partial charge in [-0.15, -0.1) is 0 Å². The van der Waals surface area contributed by atoms with Crippen molar-refractivity contribution in [3.05, 3.63) is 102 Å². The molecule has 0 radical (unpaired) electrons. The molecular weight excluding hydrogens is 376 g/mol. The van der Waals surface area contributed by atoms with Gasteiger partial charge in [0.15, 0.2) is 0 Å². The van der Waals surface area contributed by atoms with Crippen LogP contribution in [0.15, 0.2) is 90.2 Å². The van der Waals surface area contributed by atoms with E-state index in [0.29, 0.717) is 22.5 Å². The van der Waals surface area contributed by atoms with Crippen molar-refractivity contribution >= 4 is 34.1 Å². The number of aromatic nitrogens is 1. The fourth-order valence-corrected chi connectivity index (χ4v) is 3.11. The van der Waals surface area contributed by atoms with Gasteiger partial charge in [-0.25, -0.2) is 5.43 Å². The highest BCUT2D eigenvalue weighted by molar-refractivity contribution is 6.08. The zero-order valence-corrected chi connectivity index (χ0v) is 16.3. The Hall–Kier alpha value is -4.19. The lowest BCUT2D eigenvalue weighted by atomic mass is 10.1. The Bertz CT molecular complexity index is 1230. The number of carbonyl (C=O) groups excluding carboxylic acids is 2. The summed E-state index contributed by atoms with van der Waals surface area (Å²) < 4.78 is 0. The molecule has 148 valence electrons. The van der Waals surface area contributed by atoms with Gasteiger partial charge in [0, 0.05) is 28.4 Å². The SMILES string of the molecule is C/C(=N\NC(=O)c1c[nH]c2ccccc12)c1ccc(NC(=O)c2ccccc2)cc1. The van der Waals surface area contributed by atoms with Crippen LogP contribution in [0.25, 0.3) is 10.9 Å². The molecule has 0 saturated carbocycles. The molecule has 2 amide bonds. The first-order valence-corrected chi connectivity index (χ1v) is 9.49. The van der Waals surface area contributed by atoms with Crippen LogP contribution >= 0.6 is 0 Å². The summed E-state index contributed by atoms with van der Waals surface area (Å²) in [7, 11) is 0. The molecule has 0 aliphatic rings. The molecule has 0 fully saturated rings. The Morgan fingerprint density at radius 3 is 2.27 bits per heavy atom. The highest BCUT2D eigenvalue weighted by atomic mass is 16.2. The zero-order chi connectivity index (χ0) is 20.9. The third-order valence-corrected chi connectivity index (χ3v) is 4.76. The van der Waals surface area contributed by atoms with Crippen molar-refractivity contribution in [2.75, 3.05) is 5.32 Å². The summed E-state index contributed by atoms with van der Waals surface area (Å²) in [5.41, 5.74) is 6.82. The van der Waals surface area contributed by atoms with Crippen molar-refractivity contribution in [3.63, 3.8) is 0 Å². The van der Waals surface area contributed by atoms with E-state index in [9.17, 15) is 9.59 Å². The summed E-state index contributed by atoms with van der Waals surface area (Å²) in [6.07, 6.45) is 1.68. The molecule has 3 N–H and O–H groups in total. The summed E-state index contributed by atoms with van der Waals surface area (Å²) in [6, 6.07) is 23.9. The normalized spacial score (nSPS) is 11.3. The van der Waals surface area contributed by atoms with Gasteiger partial charge in [-0.3, -0.25) is 9.59 Å². The third kappa shape index (κ3) is 4.12. The molecular formula is C24H20N4O2. The molecule has 0 saturated heterocycles. The van der Waals surface area contributed by atoms with Crippen molar-refractivity contribution in [2.24, 2.45) is 5.10 Å². The number of benzene rings is 3. The predicted molar refractivity (Wildman–Crippen MR) is 119 cm³/mol. The van der Waals surface area contributed by atoms with Gasteiger partial charge in [0.2, 0.25) is 0 Å². The van der Waals surface area contributed by atoms with Gasteiger partial charge in [-0.05, 0) is 42.8 Å². The minimum absolute atomic E-state index is 0.167. The third-order valence-electron chi connectivity index (χ3n) is 4.76. The first kappa shape index (κ1) is 19.1. The standard InChI is InChI=1S/C24H20N4O2/c1-16(27-28-24(30)21-15-25-22-10-6-5-9-20(21)22)17-11-13-19(14-12-17)26-23(29)18-7-3-2-4-8-18/h2-15,25H,1H3,(H,26,29)(H,28,30)/b27-16+. The number of nitrogens with one attached hydrogen (secondary N) is 3. The van der Waals surface area contributed by atoms with Gasteiger partial charge in [0.1, 0.15) is 0 Å². The van der Waals surface area contributed by atoms with E-state index in [1.165, 1.54) is 0 Å². The monoisotopic (exact) mass is 396 g/mol. The van der Waals surface area contributed by atoms with Crippen LogP contribution < -0.4 is 10.7 Å². The van der Waals surface area contributed by atoms with E-state index in [4.69, 9.17) is 0 Å². The van der Waals surface area contributed by atoms with Crippen LogP contribution in [0.3, 0.4) is 0 Å². The lowest BCUT2D eigenvalue weighted by Gasteiger charge is -2.07. The second kappa shape index (κ2) is 8.45. The number of carbonyl (C=O) groups is 2. The number of hydrogen-bond acceptors (Lipinski definition) is 3. The molecule has 0 atom stereocenters. The fourth-order valence-electron chi connectivity index (χ4n) is 3.11. The molecule has 0 aliphatic carbocycles. The molecule has 3 aromatic carbocycles. The summed E-state index contributed by atoms with van der Waals surface area (Å²) in [5, 5.41) is 7.92. The number of anilines is 1. The maximum Gasteiger partial charge on any atom is 0.273 e. The van der Waals surface area contributed by atoms with E-state index in [0.717, 1.165) is 16.5 Å². The summed E-state index contributed by atoms with van der Waals surface area (Å²) >= 11 is 0. The van der Waals surface area contributed by atoms with Crippen LogP contribution in [0.1, 0.15) is 33.2 Å². The Labute approximate surface area is 173 Å². The van der Waals surface area contributed by atoms with Crippen molar-refractivity contribution in [2.45, 2.75) is 6.92 Å². The van der Waals surface area contributed by atoms with Gasteiger partial charge in [-0.1, -0.05) is 48.5 Å². The molecule has 6 heteroatoms. The van der Waals surface area contributed by atoms with E-state index in [2.05, 4.69) is 20.8 Å². The number of para-hydroxylation sites is 1. The van der Waals surface area contributed by atoms with Crippen LogP contribution in [0.4, 0.5) is 5.69 Å². The number of rotatable bonds is 5. The van der Waals surface area contributed by atoms with E-state index < -0.39 is 0 Å². The molecule has 4 aromatic rings. The average Bonchev–Trinajstić information content (AvgIpc) is 3.22. The highest BCUT2D eigenvalue weighted by Crippen LogP contribution is 2.17. The summed E-state index contributed by atoms with van der Waals surface area (Å²) in [6.45, 7) is 1.81. The zero-order valence-electron chi connectivity index (χ0n) is 16.3. The van der Waals surface area contributed by atoms with Gasteiger partial charge >= 0.3 is 0 Å². The van der Waals surface area contributed by atoms with Gasteiger partial charge in [0.05, 0.1) is 11.3 Å². The minimum Gasteiger partial charge on any atom is -0.360 e. The van der Waals surface area contributed by atoms with Crippen molar-refractivity contribution in [1.29, 1.82) is 0 Å². The van der Waals surface area contributed by atoms with Crippen LogP contribution in [0, 0.1) is 0 Å². The van der Waals surface area contributed by atoms with E-state index in [1.807, 2.05) is 61.5 Å². The summed E-state index contributed by atoms with van der Waals surface area (Å²) in [4.78, 5) is 27.8. The summed E-state index contributed by atoms with van der Waals surface area (Å²) in [5.74, 6) is -0.446. The Kier molecular flexibility index (Phi) is 5.39. The van der Waals surface area contributed by atoms with Gasteiger partial charge in [-0.2, -0.15) is 5.10 Å². The van der Waals surface area contributed by atoms with Crippen LogP contribution in [-0.4, -0.2) is 22.5 Å². The molecule has 1 heterocycles. The minimum atomic E-state index is -0.279. The van der Waals surface area contributed by atoms with Gasteiger partial charge < -0.3 is 10.3 Å². The van der Waals surface area contributed by atoms with E-state index in [1.54, 1.807) is 30.5 Å². The smallest absolute Gasteiger partial charge is 0.273 e. The van der Waals surface area contributed by atoms with Crippen LogP contribution in [-0.2, 0) is 0 Å². The topological polar surface area (TPSA) is 86.3 Å². The van der Waals surface area contributed by atoms with Gasteiger partial charge in [0.25, 0.3) is 11.8 Å². The first-order valence-electron chi connectivity index (χ1n) is 9.49. The first-order chi connectivity index (χ1) is 14.6. The Morgan fingerprint density at radius 2 is 1.50 bits per heavy atom. The molecule has 1 aromatic heterocycles. The maximum atomic E-state index is 12.5. The fraction of sp³-hybridized carbons (Fsp3) is 0.0417. The average molecular weight is 396 g/mol. The van der Waals surface area contributed by atoms with Crippen LogP contribution in [0.5, 0.6) is 0 Å². The number of nitrogens with zero attached hydrogens (tertiary/aromatic N) is 1. The number of H-pyrrole nitrogens is 1. The Balaban J connectivity index is 1.42. The number of aromatic amines is 1. The molecule has 30 heavy (non-hydrogen) atoms. The van der Waals surface area contributed by atoms with Crippen LogP contribution in [0.2, 0.25) is 0 Å². The van der Waals surface area contributed by atoms with E-state index >= 15 is 0 Å². The molecule has 6 nitrogen and oxygen atoms in total. The number of hydrogen-bond donors (Lipinski definition) is 3. The largest absolute Gasteiger partial charge is 0.360 e. The number of fused-ring (bicyclic) bond motifs is 1. The molecule has 0 spiro atoms. The molecule has 0 unspecified atom stereocenters. The van der Waals surface area contributed by atoms with Crippen molar-refractivity contribution < 1.29 is 9.59 Å². The van der Waals surface area contributed by atoms with Crippen molar-refractivity contribution in [3.8, 4) is 0 Å². The number of hydrazone groups is 1. The van der Waals surface area contributed by atoms with E-state index in [-0.39, 0.29) is 11.8 Å². The second-order valence-electron chi connectivity index (χ2n) is 6.78. The highest BCUT2D eigenvalue weighted by Gasteiger charge is 2.11. The maximum absolute atomic E-state index is 12.5. The lowest BCUT2D eigenvalue weighted by molar-refractivity contribution is 0.0955. The number of amides is 2. The Morgan fingerprint density at radius 1 is 0.800 bits per heavy atom. The lowest BCUT2D eigenvalue weighted by Crippen LogP contribution is -2.19. The molecule has 4 rings (SSSR count).